The Labute approximate surface area is 101 Å². The lowest BCUT2D eigenvalue weighted by Gasteiger charge is -2.11. The minimum atomic E-state index is -0.247. The van der Waals surface area contributed by atoms with Gasteiger partial charge in [0, 0.05) is 13.7 Å². The number of ether oxygens (including phenoxy) is 1. The fraction of sp³-hybridized carbons (Fsp3) is 0.636. The van der Waals surface area contributed by atoms with E-state index in [1.54, 1.807) is 0 Å². The second-order valence-electron chi connectivity index (χ2n) is 3.82. The van der Waals surface area contributed by atoms with E-state index in [-0.39, 0.29) is 25.0 Å². The summed E-state index contributed by atoms with van der Waals surface area (Å²) in [5.74, 6) is 1.15. The van der Waals surface area contributed by atoms with Crippen molar-refractivity contribution in [3.05, 3.63) is 17.3 Å². The number of amides is 1. The van der Waals surface area contributed by atoms with Crippen LogP contribution in [0.3, 0.4) is 0 Å². The number of nitrogens with one attached hydrogen (secondary N) is 1. The van der Waals surface area contributed by atoms with Crippen LogP contribution in [0.25, 0.3) is 0 Å². The summed E-state index contributed by atoms with van der Waals surface area (Å²) in [4.78, 5) is 15.7. The molecule has 6 heteroatoms. The molecule has 0 spiro atoms. The van der Waals surface area contributed by atoms with Gasteiger partial charge in [0.15, 0.2) is 0 Å². The molecule has 0 aromatic carbocycles. The molecule has 0 aliphatic heterocycles. The smallest absolute Gasteiger partial charge is 0.223 e. The number of nitrogens with zero attached hydrogens (tertiary/aromatic N) is 1. The first-order valence-electron chi connectivity index (χ1n) is 5.49. The molecule has 1 aromatic rings. The molecule has 17 heavy (non-hydrogen) atoms. The lowest BCUT2D eigenvalue weighted by Crippen LogP contribution is -2.31. The number of hydrogen-bond acceptors (Lipinski definition) is 5. The third kappa shape index (κ3) is 4.16. The van der Waals surface area contributed by atoms with Crippen molar-refractivity contribution in [1.29, 1.82) is 0 Å². The Morgan fingerprint density at radius 3 is 2.76 bits per heavy atom. The maximum Gasteiger partial charge on any atom is 0.223 e. The molecular formula is C11H19N3O3. The largest absolute Gasteiger partial charge is 0.444 e. The average Bonchev–Trinajstić information content (AvgIpc) is 2.63. The van der Waals surface area contributed by atoms with Crippen molar-refractivity contribution in [3.8, 4) is 0 Å². The van der Waals surface area contributed by atoms with Crippen molar-refractivity contribution in [2.75, 3.05) is 13.7 Å². The van der Waals surface area contributed by atoms with Gasteiger partial charge in [-0.25, -0.2) is 4.98 Å². The highest BCUT2D eigenvalue weighted by molar-refractivity contribution is 5.76. The quantitative estimate of drug-likeness (QED) is 0.746. The lowest BCUT2D eigenvalue weighted by atomic mass is 10.2. The summed E-state index contributed by atoms with van der Waals surface area (Å²) in [6.07, 6.45) is -0.00545. The highest BCUT2D eigenvalue weighted by Crippen LogP contribution is 2.07. The molecule has 0 saturated carbocycles. The first-order chi connectivity index (χ1) is 8.06. The zero-order valence-electron chi connectivity index (χ0n) is 10.4. The summed E-state index contributed by atoms with van der Waals surface area (Å²) in [6.45, 7) is 4.30. The van der Waals surface area contributed by atoms with Gasteiger partial charge < -0.3 is 20.2 Å². The Morgan fingerprint density at radius 1 is 1.59 bits per heavy atom. The third-order valence-electron chi connectivity index (χ3n) is 2.52. The number of hydrogen-bond donors (Lipinski definition) is 2. The number of methoxy groups -OCH3 is 1. The SMILES string of the molecule is COC(CN)CC(=O)NCc1nc(C)c(C)o1. The second kappa shape index (κ2) is 6.36. The van der Waals surface area contributed by atoms with Crippen LogP contribution < -0.4 is 11.1 Å². The summed E-state index contributed by atoms with van der Waals surface area (Å²) < 4.78 is 10.4. The molecule has 0 saturated heterocycles. The molecule has 0 bridgehead atoms. The van der Waals surface area contributed by atoms with E-state index in [4.69, 9.17) is 14.9 Å². The third-order valence-corrected chi connectivity index (χ3v) is 2.52. The van der Waals surface area contributed by atoms with Gasteiger partial charge in [-0.1, -0.05) is 0 Å². The van der Waals surface area contributed by atoms with Gasteiger partial charge in [0.1, 0.15) is 5.76 Å². The van der Waals surface area contributed by atoms with Gasteiger partial charge in [0.2, 0.25) is 11.8 Å². The maximum atomic E-state index is 11.5. The van der Waals surface area contributed by atoms with E-state index < -0.39 is 0 Å². The van der Waals surface area contributed by atoms with Gasteiger partial charge in [-0.15, -0.1) is 0 Å². The predicted octanol–water partition coefficient (Wildman–Crippen LogP) is 0.271. The Morgan fingerprint density at radius 2 is 2.29 bits per heavy atom. The van der Waals surface area contributed by atoms with Crippen LogP contribution in [-0.4, -0.2) is 30.6 Å². The number of nitrogens with two attached hydrogens (primary N) is 1. The van der Waals surface area contributed by atoms with E-state index in [1.165, 1.54) is 7.11 Å². The average molecular weight is 241 g/mol. The monoisotopic (exact) mass is 241 g/mol. The molecule has 3 N–H and O–H groups in total. The van der Waals surface area contributed by atoms with E-state index >= 15 is 0 Å². The van der Waals surface area contributed by atoms with Gasteiger partial charge in [-0.2, -0.15) is 0 Å². The molecule has 0 aliphatic carbocycles. The van der Waals surface area contributed by atoms with Crippen LogP contribution in [0.2, 0.25) is 0 Å². The van der Waals surface area contributed by atoms with Gasteiger partial charge in [0.05, 0.1) is 24.8 Å². The Balaban J connectivity index is 2.37. The highest BCUT2D eigenvalue weighted by Gasteiger charge is 2.12. The lowest BCUT2D eigenvalue weighted by molar-refractivity contribution is -0.123. The van der Waals surface area contributed by atoms with Gasteiger partial charge >= 0.3 is 0 Å². The standard InChI is InChI=1S/C11H19N3O3/c1-7-8(2)17-11(14-7)6-13-10(15)4-9(5-12)16-3/h9H,4-6,12H2,1-3H3,(H,13,15). The number of carbonyl (C=O) groups is 1. The van der Waals surface area contributed by atoms with E-state index in [1.807, 2.05) is 13.8 Å². The molecule has 1 unspecified atom stereocenters. The Kier molecular flexibility index (Phi) is 5.11. The number of oxazole rings is 1. The molecule has 1 heterocycles. The van der Waals surface area contributed by atoms with Crippen LogP contribution >= 0.6 is 0 Å². The number of rotatable bonds is 6. The van der Waals surface area contributed by atoms with Crippen molar-refractivity contribution in [2.24, 2.45) is 5.73 Å². The normalized spacial score (nSPS) is 12.5. The predicted molar refractivity (Wildman–Crippen MR) is 62.3 cm³/mol. The summed E-state index contributed by atoms with van der Waals surface area (Å²) >= 11 is 0. The van der Waals surface area contributed by atoms with Crippen LogP contribution in [0.4, 0.5) is 0 Å². The van der Waals surface area contributed by atoms with Crippen molar-refractivity contribution in [1.82, 2.24) is 10.3 Å². The molecule has 6 nitrogen and oxygen atoms in total. The molecule has 1 atom stereocenters. The molecule has 0 aliphatic rings. The summed E-state index contributed by atoms with van der Waals surface area (Å²) in [6, 6.07) is 0. The van der Waals surface area contributed by atoms with Gasteiger partial charge in [-0.3, -0.25) is 4.79 Å². The number of aryl methyl sites for hydroxylation is 2. The fourth-order valence-corrected chi connectivity index (χ4v) is 1.33. The molecule has 1 rings (SSSR count). The van der Waals surface area contributed by atoms with Crippen LogP contribution in [0.1, 0.15) is 23.8 Å². The van der Waals surface area contributed by atoms with Crippen LogP contribution in [-0.2, 0) is 16.1 Å². The summed E-state index contributed by atoms with van der Waals surface area (Å²) in [7, 11) is 1.53. The Bertz CT molecular complexity index is 353. The molecule has 0 fully saturated rings. The van der Waals surface area contributed by atoms with Crippen molar-refractivity contribution in [2.45, 2.75) is 32.9 Å². The topological polar surface area (TPSA) is 90.4 Å². The first kappa shape index (κ1) is 13.7. The maximum absolute atomic E-state index is 11.5. The van der Waals surface area contributed by atoms with Crippen molar-refractivity contribution < 1.29 is 13.9 Å². The number of aromatic nitrogens is 1. The first-order valence-corrected chi connectivity index (χ1v) is 5.49. The van der Waals surface area contributed by atoms with Gasteiger partial charge in [0.25, 0.3) is 0 Å². The van der Waals surface area contributed by atoms with E-state index in [2.05, 4.69) is 10.3 Å². The molecular weight excluding hydrogens is 222 g/mol. The van der Waals surface area contributed by atoms with Crippen LogP contribution in [0.5, 0.6) is 0 Å². The van der Waals surface area contributed by atoms with Crippen LogP contribution in [0.15, 0.2) is 4.42 Å². The van der Waals surface area contributed by atoms with E-state index in [9.17, 15) is 4.79 Å². The zero-order chi connectivity index (χ0) is 12.8. The fourth-order valence-electron chi connectivity index (χ4n) is 1.33. The number of carbonyl (C=O) groups excluding carboxylic acids is 1. The minimum absolute atomic E-state index is 0.129. The second-order valence-corrected chi connectivity index (χ2v) is 3.82. The molecule has 1 aromatic heterocycles. The summed E-state index contributed by atoms with van der Waals surface area (Å²) in [5.41, 5.74) is 6.27. The zero-order valence-corrected chi connectivity index (χ0v) is 10.4. The molecule has 0 radical (unpaired) electrons. The Hall–Kier alpha value is -1.40. The minimum Gasteiger partial charge on any atom is -0.444 e. The van der Waals surface area contributed by atoms with Crippen molar-refractivity contribution >= 4 is 5.91 Å². The summed E-state index contributed by atoms with van der Waals surface area (Å²) in [5, 5.41) is 2.71. The van der Waals surface area contributed by atoms with E-state index in [0.29, 0.717) is 12.4 Å². The molecule has 96 valence electrons. The van der Waals surface area contributed by atoms with Crippen molar-refractivity contribution in [3.63, 3.8) is 0 Å². The molecule has 1 amide bonds. The van der Waals surface area contributed by atoms with Gasteiger partial charge in [-0.05, 0) is 13.8 Å². The highest BCUT2D eigenvalue weighted by atomic mass is 16.5. The van der Waals surface area contributed by atoms with E-state index in [0.717, 1.165) is 11.5 Å². The van der Waals surface area contributed by atoms with Crippen LogP contribution in [0, 0.1) is 13.8 Å².